The number of rotatable bonds is 2. The van der Waals surface area contributed by atoms with E-state index in [1.54, 1.807) is 0 Å². The lowest BCUT2D eigenvalue weighted by atomic mass is 10.1. The second kappa shape index (κ2) is 4.53. The molecular weight excluding hydrogens is 238 g/mol. The predicted molar refractivity (Wildman–Crippen MR) is 75.2 cm³/mol. The minimum absolute atomic E-state index is 0.585. The van der Waals surface area contributed by atoms with Crippen LogP contribution in [0.2, 0.25) is 0 Å². The Labute approximate surface area is 112 Å². The van der Waals surface area contributed by atoms with Crippen LogP contribution in [0.15, 0.2) is 18.2 Å². The van der Waals surface area contributed by atoms with Crippen LogP contribution < -0.4 is 10.5 Å². The molecule has 1 aromatic heterocycles. The van der Waals surface area contributed by atoms with Crippen LogP contribution in [0.4, 0.5) is 5.82 Å². The van der Waals surface area contributed by atoms with E-state index in [0.29, 0.717) is 11.6 Å². The summed E-state index contributed by atoms with van der Waals surface area (Å²) in [6.45, 7) is 4.81. The molecule has 0 fully saturated rings. The van der Waals surface area contributed by atoms with Crippen molar-refractivity contribution in [3.8, 4) is 17.1 Å². The van der Waals surface area contributed by atoms with Gasteiger partial charge in [-0.05, 0) is 37.1 Å². The molecule has 0 radical (unpaired) electrons. The zero-order chi connectivity index (χ0) is 13.4. The van der Waals surface area contributed by atoms with Gasteiger partial charge in [-0.25, -0.2) is 9.97 Å². The van der Waals surface area contributed by atoms with E-state index in [9.17, 15) is 0 Å². The number of fused-ring (bicyclic) bond motifs is 1. The molecule has 1 aromatic carbocycles. The molecule has 0 saturated heterocycles. The molecule has 0 amide bonds. The molecule has 0 unspecified atom stereocenters. The average molecular weight is 255 g/mol. The maximum atomic E-state index is 6.01. The van der Waals surface area contributed by atoms with E-state index in [2.05, 4.69) is 23.0 Å². The topological polar surface area (TPSA) is 61.0 Å². The Bertz CT molecular complexity index is 614. The minimum Gasteiger partial charge on any atom is -0.493 e. The fourth-order valence-corrected chi connectivity index (χ4v) is 2.51. The number of nitrogens with zero attached hydrogens (tertiary/aromatic N) is 2. The number of aromatic nitrogens is 2. The second-order valence-electron chi connectivity index (χ2n) is 4.77. The van der Waals surface area contributed by atoms with Crippen molar-refractivity contribution in [1.29, 1.82) is 0 Å². The molecule has 2 heterocycles. The highest BCUT2D eigenvalue weighted by molar-refractivity contribution is 5.62. The number of nitrogens with two attached hydrogens (primary N) is 1. The summed E-state index contributed by atoms with van der Waals surface area (Å²) in [4.78, 5) is 8.99. The first-order valence-electron chi connectivity index (χ1n) is 6.58. The molecule has 3 rings (SSSR count). The fourth-order valence-electron chi connectivity index (χ4n) is 2.51. The summed E-state index contributed by atoms with van der Waals surface area (Å²) in [6, 6.07) is 6.08. The number of aryl methyl sites for hydroxylation is 1. The van der Waals surface area contributed by atoms with Crippen molar-refractivity contribution >= 4 is 5.82 Å². The molecule has 1 aliphatic heterocycles. The van der Waals surface area contributed by atoms with Crippen molar-refractivity contribution in [3.05, 3.63) is 35.0 Å². The summed E-state index contributed by atoms with van der Waals surface area (Å²) in [5, 5.41) is 0. The number of ether oxygens (including phenoxy) is 1. The van der Waals surface area contributed by atoms with Gasteiger partial charge in [-0.1, -0.05) is 6.92 Å². The van der Waals surface area contributed by atoms with E-state index in [4.69, 9.17) is 10.5 Å². The zero-order valence-electron chi connectivity index (χ0n) is 11.2. The highest BCUT2D eigenvalue weighted by Gasteiger charge is 2.15. The third-order valence-corrected chi connectivity index (χ3v) is 3.55. The van der Waals surface area contributed by atoms with Crippen LogP contribution in [-0.2, 0) is 12.8 Å². The normalized spacial score (nSPS) is 13.2. The lowest BCUT2D eigenvalue weighted by Gasteiger charge is -2.09. The van der Waals surface area contributed by atoms with Gasteiger partial charge in [0.05, 0.1) is 6.61 Å². The molecule has 19 heavy (non-hydrogen) atoms. The molecule has 2 N–H and O–H groups in total. The van der Waals surface area contributed by atoms with Crippen molar-refractivity contribution in [2.45, 2.75) is 26.7 Å². The van der Waals surface area contributed by atoms with Gasteiger partial charge in [0.1, 0.15) is 11.6 Å². The van der Waals surface area contributed by atoms with Crippen LogP contribution in [0.3, 0.4) is 0 Å². The highest BCUT2D eigenvalue weighted by atomic mass is 16.5. The lowest BCUT2D eigenvalue weighted by molar-refractivity contribution is 0.357. The van der Waals surface area contributed by atoms with Gasteiger partial charge in [0.2, 0.25) is 0 Å². The van der Waals surface area contributed by atoms with Crippen LogP contribution in [0, 0.1) is 6.92 Å². The maximum Gasteiger partial charge on any atom is 0.161 e. The van der Waals surface area contributed by atoms with E-state index in [-0.39, 0.29) is 0 Å². The summed E-state index contributed by atoms with van der Waals surface area (Å²) in [6.07, 6.45) is 1.81. The van der Waals surface area contributed by atoms with E-state index in [1.807, 2.05) is 19.1 Å². The summed E-state index contributed by atoms with van der Waals surface area (Å²) < 4.78 is 5.51. The Kier molecular flexibility index (Phi) is 2.85. The molecule has 1 aliphatic rings. The van der Waals surface area contributed by atoms with E-state index < -0.39 is 0 Å². The molecule has 98 valence electrons. The van der Waals surface area contributed by atoms with E-state index >= 15 is 0 Å². The van der Waals surface area contributed by atoms with Gasteiger partial charge in [0.15, 0.2) is 5.82 Å². The summed E-state index contributed by atoms with van der Waals surface area (Å²) in [7, 11) is 0. The first kappa shape index (κ1) is 12.0. The smallest absolute Gasteiger partial charge is 0.161 e. The first-order chi connectivity index (χ1) is 9.19. The average Bonchev–Trinajstić information content (AvgIpc) is 2.85. The van der Waals surface area contributed by atoms with Crippen LogP contribution in [-0.4, -0.2) is 16.6 Å². The van der Waals surface area contributed by atoms with Crippen LogP contribution in [0.1, 0.15) is 23.7 Å². The van der Waals surface area contributed by atoms with E-state index in [0.717, 1.165) is 42.0 Å². The second-order valence-corrected chi connectivity index (χ2v) is 4.77. The number of nitrogen functional groups attached to an aromatic ring is 1. The molecule has 2 aromatic rings. The van der Waals surface area contributed by atoms with Gasteiger partial charge in [0.25, 0.3) is 0 Å². The molecule has 0 atom stereocenters. The van der Waals surface area contributed by atoms with Crippen molar-refractivity contribution in [3.63, 3.8) is 0 Å². The van der Waals surface area contributed by atoms with Crippen molar-refractivity contribution < 1.29 is 4.74 Å². The van der Waals surface area contributed by atoms with Gasteiger partial charge >= 0.3 is 0 Å². The van der Waals surface area contributed by atoms with Crippen LogP contribution >= 0.6 is 0 Å². The van der Waals surface area contributed by atoms with Gasteiger partial charge < -0.3 is 10.5 Å². The Morgan fingerprint density at radius 3 is 2.89 bits per heavy atom. The fraction of sp³-hybridized carbons (Fsp3) is 0.333. The Hall–Kier alpha value is -2.10. The van der Waals surface area contributed by atoms with Crippen molar-refractivity contribution in [2.24, 2.45) is 0 Å². The molecule has 0 bridgehead atoms. The van der Waals surface area contributed by atoms with Gasteiger partial charge in [-0.2, -0.15) is 0 Å². The number of hydrogen-bond acceptors (Lipinski definition) is 4. The summed E-state index contributed by atoms with van der Waals surface area (Å²) in [5.74, 6) is 2.25. The highest BCUT2D eigenvalue weighted by Crippen LogP contribution is 2.30. The summed E-state index contributed by atoms with van der Waals surface area (Å²) in [5.41, 5.74) is 10.2. The Balaban J connectivity index is 2.07. The zero-order valence-corrected chi connectivity index (χ0v) is 11.2. The van der Waals surface area contributed by atoms with E-state index in [1.165, 1.54) is 5.56 Å². The maximum absolute atomic E-state index is 6.01. The third-order valence-electron chi connectivity index (χ3n) is 3.55. The Morgan fingerprint density at radius 1 is 1.32 bits per heavy atom. The number of anilines is 1. The standard InChI is InChI=1S/C15H17N3O/c1-3-12-9(2)17-15(18-14(12)16)11-4-5-13-10(8-11)6-7-19-13/h4-5,8H,3,6-7H2,1-2H3,(H2,16,17,18). The third kappa shape index (κ3) is 2.03. The molecule has 0 saturated carbocycles. The minimum atomic E-state index is 0.585. The molecule has 4 nitrogen and oxygen atoms in total. The van der Waals surface area contributed by atoms with Crippen molar-refractivity contribution in [2.75, 3.05) is 12.3 Å². The van der Waals surface area contributed by atoms with Gasteiger partial charge in [-0.15, -0.1) is 0 Å². The quantitative estimate of drug-likeness (QED) is 0.895. The predicted octanol–water partition coefficient (Wildman–Crippen LogP) is 2.53. The lowest BCUT2D eigenvalue weighted by Crippen LogP contribution is -2.04. The van der Waals surface area contributed by atoms with Gasteiger partial charge in [0, 0.05) is 23.2 Å². The molecule has 4 heteroatoms. The van der Waals surface area contributed by atoms with Crippen LogP contribution in [0.25, 0.3) is 11.4 Å². The summed E-state index contributed by atoms with van der Waals surface area (Å²) >= 11 is 0. The largest absolute Gasteiger partial charge is 0.493 e. The monoisotopic (exact) mass is 255 g/mol. The first-order valence-corrected chi connectivity index (χ1v) is 6.58. The van der Waals surface area contributed by atoms with Crippen LogP contribution in [0.5, 0.6) is 5.75 Å². The SMILES string of the molecule is CCc1c(C)nc(-c2ccc3c(c2)CCO3)nc1N. The number of hydrogen-bond donors (Lipinski definition) is 1. The van der Waals surface area contributed by atoms with Crippen molar-refractivity contribution in [1.82, 2.24) is 9.97 Å². The Morgan fingerprint density at radius 2 is 2.16 bits per heavy atom. The molecule has 0 aliphatic carbocycles. The molecule has 0 spiro atoms. The van der Waals surface area contributed by atoms with Gasteiger partial charge in [-0.3, -0.25) is 0 Å². The number of benzene rings is 1. The molecular formula is C15H17N3O.